The predicted octanol–water partition coefficient (Wildman–Crippen LogP) is 2.86. The molecular weight excluding hydrogens is 479 g/mol. The molecule has 1 aliphatic heterocycles. The van der Waals surface area contributed by atoms with Crippen molar-refractivity contribution in [2.24, 2.45) is 4.99 Å². The fourth-order valence-electron chi connectivity index (χ4n) is 4.29. The van der Waals surface area contributed by atoms with E-state index in [4.69, 9.17) is 4.99 Å². The van der Waals surface area contributed by atoms with Gasteiger partial charge in [0, 0.05) is 24.6 Å². The number of nitrogens with one attached hydrogen (secondary N) is 2. The lowest BCUT2D eigenvalue weighted by Gasteiger charge is -2.25. The first-order chi connectivity index (χ1) is 13.6. The molecule has 1 aromatic carbocycles. The maximum atomic E-state index is 10.4. The molecule has 1 aromatic heterocycles. The Labute approximate surface area is 189 Å². The molecule has 0 fully saturated rings. The number of aryl methyl sites for hydroxylation is 3. The number of phenolic OH excluding ortho intramolecular Hbond substituents is 1. The van der Waals surface area contributed by atoms with Gasteiger partial charge in [-0.1, -0.05) is 6.07 Å². The minimum atomic E-state index is 0. The van der Waals surface area contributed by atoms with E-state index >= 15 is 0 Å². The summed E-state index contributed by atoms with van der Waals surface area (Å²) in [5.74, 6) is 3.06. The highest BCUT2D eigenvalue weighted by Crippen LogP contribution is 2.31. The van der Waals surface area contributed by atoms with Crippen molar-refractivity contribution >= 4 is 29.9 Å². The van der Waals surface area contributed by atoms with Crippen LogP contribution in [0.15, 0.2) is 17.1 Å². The fourth-order valence-corrected chi connectivity index (χ4v) is 4.29. The van der Waals surface area contributed by atoms with Crippen LogP contribution < -0.4 is 10.6 Å². The molecule has 2 aromatic rings. The molecule has 158 valence electrons. The van der Waals surface area contributed by atoms with E-state index in [9.17, 15) is 5.11 Å². The standard InChI is InChI=1S/C21H30N6O.HI/c1-3-22-21(25-16-9-11-20-24-14(2)26-27(20)13-16)23-12-18-17-7-5-4-6-15(17)8-10-19(18)28;/h8,10,16,28H,3-7,9,11-13H2,1-2H3,(H2,22,23,25);1H. The van der Waals surface area contributed by atoms with Gasteiger partial charge in [-0.2, -0.15) is 5.10 Å². The molecule has 2 heterocycles. The van der Waals surface area contributed by atoms with Gasteiger partial charge in [-0.25, -0.2) is 14.7 Å². The molecule has 8 heteroatoms. The SMILES string of the molecule is CCNC(=NCc1c(O)ccc2c1CCCC2)NC1CCc2nc(C)nn2C1.I. The fraction of sp³-hybridized carbons (Fsp3) is 0.571. The van der Waals surface area contributed by atoms with Gasteiger partial charge in [-0.3, -0.25) is 0 Å². The van der Waals surface area contributed by atoms with E-state index in [2.05, 4.69) is 33.7 Å². The molecule has 0 saturated heterocycles. The summed E-state index contributed by atoms with van der Waals surface area (Å²) in [7, 11) is 0. The van der Waals surface area contributed by atoms with E-state index in [1.54, 1.807) is 0 Å². The highest BCUT2D eigenvalue weighted by Gasteiger charge is 2.22. The zero-order valence-electron chi connectivity index (χ0n) is 17.2. The highest BCUT2D eigenvalue weighted by molar-refractivity contribution is 14.0. The van der Waals surface area contributed by atoms with Crippen molar-refractivity contribution in [2.75, 3.05) is 6.54 Å². The predicted molar refractivity (Wildman–Crippen MR) is 125 cm³/mol. The minimum absolute atomic E-state index is 0. The van der Waals surface area contributed by atoms with Crippen LogP contribution in [0.5, 0.6) is 5.75 Å². The van der Waals surface area contributed by atoms with Crippen molar-refractivity contribution in [1.29, 1.82) is 0 Å². The van der Waals surface area contributed by atoms with Gasteiger partial charge in [-0.05, 0) is 63.1 Å². The zero-order valence-corrected chi connectivity index (χ0v) is 19.6. The van der Waals surface area contributed by atoms with Crippen molar-refractivity contribution in [2.45, 2.75) is 71.5 Å². The van der Waals surface area contributed by atoms with Crippen LogP contribution in [0.4, 0.5) is 0 Å². The number of halogens is 1. The van der Waals surface area contributed by atoms with Gasteiger partial charge in [0.05, 0.1) is 13.1 Å². The monoisotopic (exact) mass is 510 g/mol. The number of rotatable bonds is 4. The Bertz CT molecular complexity index is 878. The summed E-state index contributed by atoms with van der Waals surface area (Å²) in [6, 6.07) is 4.16. The third-order valence-corrected chi connectivity index (χ3v) is 5.67. The second kappa shape index (κ2) is 9.77. The molecule has 0 radical (unpaired) electrons. The first kappa shape index (κ1) is 21.9. The molecule has 2 aliphatic rings. The second-order valence-corrected chi connectivity index (χ2v) is 7.74. The molecule has 7 nitrogen and oxygen atoms in total. The lowest BCUT2D eigenvalue weighted by Crippen LogP contribution is -2.47. The summed E-state index contributed by atoms with van der Waals surface area (Å²) in [6.07, 6.45) is 6.49. The van der Waals surface area contributed by atoms with E-state index in [1.165, 1.54) is 24.0 Å². The first-order valence-corrected chi connectivity index (χ1v) is 10.4. The van der Waals surface area contributed by atoms with Crippen molar-refractivity contribution in [3.05, 3.63) is 40.5 Å². The van der Waals surface area contributed by atoms with E-state index < -0.39 is 0 Å². The molecule has 0 amide bonds. The van der Waals surface area contributed by atoms with E-state index in [0.29, 0.717) is 12.3 Å². The van der Waals surface area contributed by atoms with Gasteiger partial charge in [0.15, 0.2) is 5.96 Å². The van der Waals surface area contributed by atoms with Crippen LogP contribution in [-0.4, -0.2) is 38.4 Å². The van der Waals surface area contributed by atoms with Gasteiger partial charge in [0.1, 0.15) is 17.4 Å². The van der Waals surface area contributed by atoms with Gasteiger partial charge in [-0.15, -0.1) is 24.0 Å². The quantitative estimate of drug-likeness (QED) is 0.335. The zero-order chi connectivity index (χ0) is 19.5. The summed E-state index contributed by atoms with van der Waals surface area (Å²) in [5.41, 5.74) is 3.65. The molecule has 0 saturated carbocycles. The lowest BCUT2D eigenvalue weighted by molar-refractivity contribution is 0.392. The third kappa shape index (κ3) is 5.02. The number of hydrogen-bond donors (Lipinski definition) is 3. The Morgan fingerprint density at radius 2 is 2.10 bits per heavy atom. The number of guanidine groups is 1. The maximum Gasteiger partial charge on any atom is 0.191 e. The van der Waals surface area contributed by atoms with Gasteiger partial charge in [0.25, 0.3) is 0 Å². The number of aromatic nitrogens is 3. The maximum absolute atomic E-state index is 10.4. The minimum Gasteiger partial charge on any atom is -0.508 e. The number of hydrogen-bond acceptors (Lipinski definition) is 4. The second-order valence-electron chi connectivity index (χ2n) is 7.74. The van der Waals surface area contributed by atoms with Crippen LogP contribution >= 0.6 is 24.0 Å². The molecule has 29 heavy (non-hydrogen) atoms. The van der Waals surface area contributed by atoms with Crippen molar-refractivity contribution in [3.8, 4) is 5.75 Å². The average molecular weight is 510 g/mol. The van der Waals surface area contributed by atoms with E-state index in [0.717, 1.165) is 61.9 Å². The van der Waals surface area contributed by atoms with Crippen LogP contribution in [-0.2, 0) is 32.4 Å². The molecule has 0 spiro atoms. The normalized spacial score (nSPS) is 18.4. The van der Waals surface area contributed by atoms with E-state index in [-0.39, 0.29) is 30.0 Å². The van der Waals surface area contributed by atoms with Gasteiger partial charge in [0.2, 0.25) is 0 Å². The third-order valence-electron chi connectivity index (χ3n) is 5.67. The topological polar surface area (TPSA) is 87.4 Å². The van der Waals surface area contributed by atoms with Crippen LogP contribution in [0.2, 0.25) is 0 Å². The lowest BCUT2D eigenvalue weighted by atomic mass is 9.88. The van der Waals surface area contributed by atoms with Crippen LogP contribution in [0.3, 0.4) is 0 Å². The van der Waals surface area contributed by atoms with Gasteiger partial charge < -0.3 is 15.7 Å². The molecule has 1 unspecified atom stereocenters. The van der Waals surface area contributed by atoms with E-state index in [1.807, 2.05) is 17.7 Å². The number of fused-ring (bicyclic) bond motifs is 2. The van der Waals surface area contributed by atoms with Gasteiger partial charge >= 0.3 is 0 Å². The molecule has 1 atom stereocenters. The van der Waals surface area contributed by atoms with Crippen molar-refractivity contribution in [3.63, 3.8) is 0 Å². The van der Waals surface area contributed by atoms with Crippen LogP contribution in [0.1, 0.15) is 54.5 Å². The Morgan fingerprint density at radius 1 is 1.28 bits per heavy atom. The highest BCUT2D eigenvalue weighted by atomic mass is 127. The van der Waals surface area contributed by atoms with Crippen LogP contribution in [0.25, 0.3) is 0 Å². The first-order valence-electron chi connectivity index (χ1n) is 10.4. The molecular formula is C21H31IN6O. The molecule has 1 aliphatic carbocycles. The molecule has 4 rings (SSSR count). The Hall–Kier alpha value is -1.84. The Morgan fingerprint density at radius 3 is 2.93 bits per heavy atom. The average Bonchev–Trinajstić information content (AvgIpc) is 3.06. The van der Waals surface area contributed by atoms with Crippen molar-refractivity contribution in [1.82, 2.24) is 25.4 Å². The number of benzene rings is 1. The molecule has 3 N–H and O–H groups in total. The number of aromatic hydroxyl groups is 1. The summed E-state index contributed by atoms with van der Waals surface area (Å²) in [4.78, 5) is 9.28. The summed E-state index contributed by atoms with van der Waals surface area (Å²) < 4.78 is 2.00. The van der Waals surface area contributed by atoms with Crippen LogP contribution in [0, 0.1) is 6.92 Å². The molecule has 0 bridgehead atoms. The van der Waals surface area contributed by atoms with Crippen molar-refractivity contribution < 1.29 is 5.11 Å². The summed E-state index contributed by atoms with van der Waals surface area (Å²) in [5, 5.41) is 21.8. The largest absolute Gasteiger partial charge is 0.508 e. The Balaban J connectivity index is 0.00000240. The number of nitrogens with zero attached hydrogens (tertiary/aromatic N) is 4. The number of phenols is 1. The summed E-state index contributed by atoms with van der Waals surface area (Å²) >= 11 is 0. The smallest absolute Gasteiger partial charge is 0.191 e. The number of aliphatic imine (C=N–C) groups is 1. The summed E-state index contributed by atoms with van der Waals surface area (Å²) in [6.45, 7) is 6.09. The Kier molecular flexibility index (Phi) is 7.37.